The largest absolute Gasteiger partial charge is 0.489 e. The molecule has 0 aliphatic carbocycles. The number of nitrogens with zero attached hydrogens (tertiary/aromatic N) is 2. The van der Waals surface area contributed by atoms with Gasteiger partial charge in [-0.3, -0.25) is 14.6 Å². The van der Waals surface area contributed by atoms with Gasteiger partial charge in [0.05, 0.1) is 13.1 Å². The first kappa shape index (κ1) is 30.6. The van der Waals surface area contributed by atoms with Crippen molar-refractivity contribution in [1.82, 2.24) is 9.80 Å². The number of imide groups is 1. The van der Waals surface area contributed by atoms with Crippen LogP contribution in [0.5, 0.6) is 5.75 Å². The van der Waals surface area contributed by atoms with E-state index in [9.17, 15) is 9.59 Å². The van der Waals surface area contributed by atoms with E-state index in [1.165, 1.54) is 4.90 Å². The minimum absolute atomic E-state index is 0.0319. The Labute approximate surface area is 272 Å². The Morgan fingerprint density at radius 3 is 1.57 bits per heavy atom. The molecule has 4 aromatic carbocycles. The molecule has 0 saturated carbocycles. The number of amides is 3. The molecule has 11 heteroatoms. The van der Waals surface area contributed by atoms with E-state index in [2.05, 4.69) is 0 Å². The molecule has 0 N–H and O–H groups in total. The van der Waals surface area contributed by atoms with Gasteiger partial charge in [0, 0.05) is 35.7 Å². The van der Waals surface area contributed by atoms with Crippen LogP contribution in [0.15, 0.2) is 84.6 Å². The van der Waals surface area contributed by atoms with Gasteiger partial charge in [-0.15, -0.1) is 0 Å². The number of hydrogen-bond acceptors (Lipinski definition) is 3. The number of carbonyl (C=O) groups excluding carboxylic acids is 2. The van der Waals surface area contributed by atoms with Gasteiger partial charge in [0.15, 0.2) is 0 Å². The third-order valence-electron chi connectivity index (χ3n) is 6.50. The van der Waals surface area contributed by atoms with Crippen LogP contribution in [0, 0.1) is 0 Å². The van der Waals surface area contributed by atoms with E-state index in [0.29, 0.717) is 52.6 Å². The third kappa shape index (κ3) is 7.00. The van der Waals surface area contributed by atoms with Gasteiger partial charge in [0.25, 0.3) is 5.91 Å². The van der Waals surface area contributed by atoms with E-state index >= 15 is 0 Å². The number of urea groups is 1. The fourth-order valence-corrected chi connectivity index (χ4v) is 5.68. The molecule has 1 aliphatic heterocycles. The number of carbonyl (C=O) groups is 2. The lowest BCUT2D eigenvalue weighted by atomic mass is 10.1. The summed E-state index contributed by atoms with van der Waals surface area (Å²) in [6.45, 7) is 0.275. The number of hydrogen-bond donors (Lipinski definition) is 0. The van der Waals surface area contributed by atoms with E-state index in [-0.39, 0.29) is 25.4 Å². The van der Waals surface area contributed by atoms with Crippen LogP contribution >= 0.6 is 69.6 Å². The van der Waals surface area contributed by atoms with Crippen LogP contribution in [0.1, 0.15) is 22.3 Å². The standard InChI is InChI=1S/C31H20Cl6N2O3/c32-22-6-3-19(26(35)12-22)15-38-29(30(40)39(31(38)41)16-20-4-7-23(33)13-27(20)36)11-18-1-9-25(10-2-18)42-17-21-5-8-24(34)14-28(21)37/h1-14H,15-17H2/b29-11+. The molecule has 0 spiro atoms. The summed E-state index contributed by atoms with van der Waals surface area (Å²) < 4.78 is 5.87. The molecule has 5 rings (SSSR count). The quantitative estimate of drug-likeness (QED) is 0.137. The maximum Gasteiger partial charge on any atom is 0.332 e. The van der Waals surface area contributed by atoms with E-state index in [4.69, 9.17) is 74.3 Å². The molecular weight excluding hydrogens is 661 g/mol. The zero-order valence-corrected chi connectivity index (χ0v) is 26.1. The first-order valence-electron chi connectivity index (χ1n) is 12.5. The highest BCUT2D eigenvalue weighted by Crippen LogP contribution is 2.32. The number of halogens is 6. The second-order valence-corrected chi connectivity index (χ2v) is 11.9. The van der Waals surface area contributed by atoms with Gasteiger partial charge >= 0.3 is 6.03 Å². The van der Waals surface area contributed by atoms with Gasteiger partial charge in [-0.1, -0.05) is 99.9 Å². The van der Waals surface area contributed by atoms with E-state index in [0.717, 1.165) is 10.5 Å². The second-order valence-electron chi connectivity index (χ2n) is 9.35. The molecule has 1 saturated heterocycles. The average Bonchev–Trinajstić information content (AvgIpc) is 3.15. The molecule has 3 amide bonds. The van der Waals surface area contributed by atoms with Crippen molar-refractivity contribution >= 4 is 87.6 Å². The highest BCUT2D eigenvalue weighted by Gasteiger charge is 2.41. The Bertz CT molecular complexity index is 1710. The van der Waals surface area contributed by atoms with Crippen LogP contribution in [-0.2, 0) is 24.5 Å². The molecule has 214 valence electrons. The Morgan fingerprint density at radius 2 is 1.07 bits per heavy atom. The number of ether oxygens (including phenoxy) is 1. The second kappa shape index (κ2) is 13.2. The monoisotopic (exact) mass is 678 g/mol. The minimum atomic E-state index is -0.511. The van der Waals surface area contributed by atoms with Crippen molar-refractivity contribution in [2.24, 2.45) is 0 Å². The van der Waals surface area contributed by atoms with Crippen LogP contribution < -0.4 is 4.74 Å². The van der Waals surface area contributed by atoms with E-state index in [1.54, 1.807) is 84.9 Å². The molecule has 0 atom stereocenters. The van der Waals surface area contributed by atoms with Crippen molar-refractivity contribution in [3.63, 3.8) is 0 Å². The van der Waals surface area contributed by atoms with Gasteiger partial charge in [-0.2, -0.15) is 0 Å². The normalized spacial score (nSPS) is 14.3. The first-order valence-corrected chi connectivity index (χ1v) is 14.8. The maximum absolute atomic E-state index is 13.7. The van der Waals surface area contributed by atoms with Gasteiger partial charge in [-0.25, -0.2) is 4.79 Å². The van der Waals surface area contributed by atoms with Crippen LogP contribution in [-0.4, -0.2) is 21.7 Å². The summed E-state index contributed by atoms with van der Waals surface area (Å²) in [5.41, 5.74) is 2.86. The zero-order valence-electron chi connectivity index (χ0n) is 21.6. The Balaban J connectivity index is 1.41. The van der Waals surface area contributed by atoms with Crippen molar-refractivity contribution in [1.29, 1.82) is 0 Å². The summed E-state index contributed by atoms with van der Waals surface area (Å²) in [7, 11) is 0. The van der Waals surface area contributed by atoms with Gasteiger partial charge in [0.1, 0.15) is 18.1 Å². The summed E-state index contributed by atoms with van der Waals surface area (Å²) in [6.07, 6.45) is 1.65. The molecule has 0 unspecified atom stereocenters. The third-order valence-corrected chi connectivity index (χ3v) is 8.26. The molecule has 1 aliphatic rings. The lowest BCUT2D eigenvalue weighted by molar-refractivity contribution is -0.123. The highest BCUT2D eigenvalue weighted by molar-refractivity contribution is 6.36. The lowest BCUT2D eigenvalue weighted by Crippen LogP contribution is -2.32. The Kier molecular flexibility index (Phi) is 9.58. The summed E-state index contributed by atoms with van der Waals surface area (Å²) in [5.74, 6) is 0.120. The fourth-order valence-electron chi connectivity index (χ4n) is 4.28. The SMILES string of the molecule is O=C1/C(=C\c2ccc(OCc3ccc(Cl)cc3Cl)cc2)N(Cc2ccc(Cl)cc2Cl)C(=O)N1Cc1ccc(Cl)cc1Cl. The molecule has 1 heterocycles. The van der Waals surface area contributed by atoms with Crippen molar-refractivity contribution in [2.45, 2.75) is 19.7 Å². The Hall–Kier alpha value is -2.90. The average molecular weight is 681 g/mol. The molecule has 1 fully saturated rings. The maximum atomic E-state index is 13.7. The molecule has 4 aromatic rings. The van der Waals surface area contributed by atoms with E-state index in [1.807, 2.05) is 0 Å². The molecule has 0 radical (unpaired) electrons. The van der Waals surface area contributed by atoms with Crippen LogP contribution in [0.4, 0.5) is 4.79 Å². The number of benzene rings is 4. The molecular formula is C31H20Cl6N2O3. The molecule has 0 bridgehead atoms. The summed E-state index contributed by atoms with van der Waals surface area (Å²) in [6, 6.07) is 21.7. The van der Waals surface area contributed by atoms with Crippen molar-refractivity contribution in [3.8, 4) is 5.75 Å². The topological polar surface area (TPSA) is 49.9 Å². The van der Waals surface area contributed by atoms with Crippen LogP contribution in [0.25, 0.3) is 6.08 Å². The van der Waals surface area contributed by atoms with Gasteiger partial charge < -0.3 is 4.74 Å². The first-order chi connectivity index (χ1) is 20.1. The van der Waals surface area contributed by atoms with Crippen LogP contribution in [0.3, 0.4) is 0 Å². The van der Waals surface area contributed by atoms with Crippen LogP contribution in [0.2, 0.25) is 30.1 Å². The van der Waals surface area contributed by atoms with Crippen molar-refractivity contribution < 1.29 is 14.3 Å². The van der Waals surface area contributed by atoms with Gasteiger partial charge in [-0.05, 0) is 71.3 Å². The summed E-state index contributed by atoms with van der Waals surface area (Å²) in [5, 5.41) is 2.70. The molecule has 5 nitrogen and oxygen atoms in total. The molecule has 42 heavy (non-hydrogen) atoms. The minimum Gasteiger partial charge on any atom is -0.489 e. The summed E-state index contributed by atoms with van der Waals surface area (Å²) >= 11 is 37.1. The summed E-state index contributed by atoms with van der Waals surface area (Å²) in [4.78, 5) is 29.8. The lowest BCUT2D eigenvalue weighted by Gasteiger charge is -2.18. The predicted octanol–water partition coefficient (Wildman–Crippen LogP) is 10.2. The van der Waals surface area contributed by atoms with Crippen molar-refractivity contribution in [3.05, 3.63) is 137 Å². The molecule has 0 aromatic heterocycles. The van der Waals surface area contributed by atoms with E-state index < -0.39 is 11.9 Å². The smallest absolute Gasteiger partial charge is 0.332 e. The predicted molar refractivity (Wildman–Crippen MR) is 170 cm³/mol. The van der Waals surface area contributed by atoms with Gasteiger partial charge in [0.2, 0.25) is 0 Å². The highest BCUT2D eigenvalue weighted by atomic mass is 35.5. The number of rotatable bonds is 8. The Morgan fingerprint density at radius 1 is 0.595 bits per heavy atom. The fraction of sp³-hybridized carbons (Fsp3) is 0.0968. The zero-order chi connectivity index (χ0) is 30.0. The van der Waals surface area contributed by atoms with Crippen molar-refractivity contribution in [2.75, 3.05) is 0 Å².